The predicted octanol–water partition coefficient (Wildman–Crippen LogP) is 3.04. The van der Waals surface area contributed by atoms with E-state index in [4.69, 9.17) is 11.6 Å². The van der Waals surface area contributed by atoms with Gasteiger partial charge in [0.05, 0.1) is 4.90 Å². The molecule has 0 fully saturated rings. The number of allylic oxidation sites excluding steroid dienone is 1. The van der Waals surface area contributed by atoms with E-state index in [0.29, 0.717) is 10.5 Å². The van der Waals surface area contributed by atoms with E-state index in [2.05, 4.69) is 0 Å². The first kappa shape index (κ1) is 12.3. The Balaban J connectivity index is 3.44. The molecule has 0 aliphatic rings. The summed E-state index contributed by atoms with van der Waals surface area (Å²) < 4.78 is 23.6. The van der Waals surface area contributed by atoms with Crippen LogP contribution in [0.4, 0.5) is 0 Å². The average molecular weight is 245 g/mol. The van der Waals surface area contributed by atoms with Crippen molar-refractivity contribution in [1.29, 1.82) is 0 Å². The minimum absolute atomic E-state index is 0.207. The zero-order chi connectivity index (χ0) is 11.5. The van der Waals surface area contributed by atoms with Crippen molar-refractivity contribution in [2.24, 2.45) is 0 Å². The van der Waals surface area contributed by atoms with Gasteiger partial charge in [-0.15, -0.1) is 11.6 Å². The predicted molar refractivity (Wildman–Crippen MR) is 62.7 cm³/mol. The lowest BCUT2D eigenvalue weighted by Crippen LogP contribution is -2.02. The Morgan fingerprint density at radius 1 is 1.40 bits per heavy atom. The number of aryl methyl sites for hydroxylation is 1. The van der Waals surface area contributed by atoms with Gasteiger partial charge in [-0.3, -0.25) is 0 Å². The summed E-state index contributed by atoms with van der Waals surface area (Å²) in [6, 6.07) is 5.16. The molecule has 0 aliphatic heterocycles. The van der Waals surface area contributed by atoms with Gasteiger partial charge < -0.3 is 0 Å². The van der Waals surface area contributed by atoms with Gasteiger partial charge in [0.25, 0.3) is 0 Å². The maximum Gasteiger partial charge on any atom is 0.199 e. The molecule has 0 atom stereocenters. The van der Waals surface area contributed by atoms with E-state index in [1.165, 1.54) is 11.5 Å². The van der Waals surface area contributed by atoms with Crippen LogP contribution in [0.5, 0.6) is 0 Å². The summed E-state index contributed by atoms with van der Waals surface area (Å²) >= 11 is 5.76. The molecule has 0 unspecified atom stereocenters. The Labute approximate surface area is 95.5 Å². The van der Waals surface area contributed by atoms with Gasteiger partial charge in [-0.05, 0) is 31.0 Å². The Morgan fingerprint density at radius 3 is 2.60 bits per heavy atom. The van der Waals surface area contributed by atoms with Crippen molar-refractivity contribution in [3.63, 3.8) is 0 Å². The first-order valence-corrected chi connectivity index (χ1v) is 6.63. The largest absolute Gasteiger partial charge is 0.219 e. The molecule has 0 heterocycles. The molecule has 1 rings (SSSR count). The topological polar surface area (TPSA) is 34.1 Å². The van der Waals surface area contributed by atoms with Crippen molar-refractivity contribution in [3.8, 4) is 0 Å². The van der Waals surface area contributed by atoms with Crippen molar-refractivity contribution < 1.29 is 8.42 Å². The summed E-state index contributed by atoms with van der Waals surface area (Å²) in [5, 5.41) is 1.19. The van der Waals surface area contributed by atoms with E-state index in [-0.39, 0.29) is 5.88 Å². The normalized spacial score (nSPS) is 12.2. The van der Waals surface area contributed by atoms with Gasteiger partial charge in [0, 0.05) is 11.3 Å². The van der Waals surface area contributed by atoms with E-state index >= 15 is 0 Å². The summed E-state index contributed by atoms with van der Waals surface area (Å²) in [5.41, 5.74) is 1.58. The first-order chi connectivity index (χ1) is 7.03. The summed E-state index contributed by atoms with van der Waals surface area (Å²) in [7, 11) is -3.34. The summed E-state index contributed by atoms with van der Waals surface area (Å²) in [6.07, 6.45) is 1.51. The lowest BCUT2D eigenvalue weighted by Gasteiger charge is -2.08. The van der Waals surface area contributed by atoms with Gasteiger partial charge in [0.1, 0.15) is 0 Å². The van der Waals surface area contributed by atoms with E-state index in [0.717, 1.165) is 5.56 Å². The Morgan fingerprint density at radius 2 is 2.07 bits per heavy atom. The van der Waals surface area contributed by atoms with E-state index in [1.807, 2.05) is 13.0 Å². The monoisotopic (exact) mass is 244 g/mol. The zero-order valence-electron chi connectivity index (χ0n) is 8.70. The molecule has 2 nitrogen and oxygen atoms in total. The van der Waals surface area contributed by atoms with Crippen molar-refractivity contribution in [3.05, 3.63) is 40.8 Å². The number of hydrogen-bond acceptors (Lipinski definition) is 2. The molecular formula is C11H13ClO2S. The molecule has 0 aromatic heterocycles. The molecule has 0 radical (unpaired) electrons. The number of hydrogen-bond donors (Lipinski definition) is 0. The fourth-order valence-electron chi connectivity index (χ4n) is 1.37. The van der Waals surface area contributed by atoms with Gasteiger partial charge in [-0.2, -0.15) is 0 Å². The minimum Gasteiger partial charge on any atom is -0.219 e. The van der Waals surface area contributed by atoms with Crippen LogP contribution in [0.2, 0.25) is 0 Å². The lowest BCUT2D eigenvalue weighted by atomic mass is 10.1. The average Bonchev–Trinajstić information content (AvgIpc) is 2.17. The van der Waals surface area contributed by atoms with Crippen molar-refractivity contribution in [2.75, 3.05) is 0 Å². The molecule has 0 saturated carbocycles. The number of sulfone groups is 1. The third-order valence-electron chi connectivity index (χ3n) is 2.12. The fraction of sp³-hybridized carbons (Fsp3) is 0.273. The third kappa shape index (κ3) is 2.61. The second-order valence-electron chi connectivity index (χ2n) is 3.20. The van der Waals surface area contributed by atoms with Crippen LogP contribution in [0.3, 0.4) is 0 Å². The minimum atomic E-state index is -3.34. The van der Waals surface area contributed by atoms with E-state index in [1.54, 1.807) is 19.1 Å². The van der Waals surface area contributed by atoms with Gasteiger partial charge in [-0.1, -0.05) is 18.2 Å². The van der Waals surface area contributed by atoms with Crippen LogP contribution in [0, 0.1) is 6.92 Å². The summed E-state index contributed by atoms with van der Waals surface area (Å²) in [4.78, 5) is 0.301. The zero-order valence-corrected chi connectivity index (χ0v) is 10.3. The molecule has 0 bridgehead atoms. The Kier molecular flexibility index (Phi) is 3.94. The first-order valence-electron chi connectivity index (χ1n) is 4.55. The molecule has 0 spiro atoms. The number of benzene rings is 1. The Bertz CT molecular complexity index is 475. The van der Waals surface area contributed by atoms with Crippen molar-refractivity contribution in [1.82, 2.24) is 0 Å². The van der Waals surface area contributed by atoms with Gasteiger partial charge in [-0.25, -0.2) is 8.42 Å². The highest BCUT2D eigenvalue weighted by atomic mass is 35.5. The second-order valence-corrected chi connectivity index (χ2v) is 5.27. The van der Waals surface area contributed by atoms with Crippen LogP contribution >= 0.6 is 11.6 Å². The molecule has 82 valence electrons. The molecule has 0 saturated heterocycles. The van der Waals surface area contributed by atoms with Crippen LogP contribution in [0.25, 0.3) is 0 Å². The van der Waals surface area contributed by atoms with Gasteiger partial charge in [0.2, 0.25) is 0 Å². The highest BCUT2D eigenvalue weighted by molar-refractivity contribution is 7.94. The molecule has 4 heteroatoms. The quantitative estimate of drug-likeness (QED) is 0.766. The number of rotatable bonds is 3. The number of alkyl halides is 1. The maximum atomic E-state index is 11.8. The lowest BCUT2D eigenvalue weighted by molar-refractivity contribution is 0.604. The van der Waals surface area contributed by atoms with E-state index < -0.39 is 9.84 Å². The van der Waals surface area contributed by atoms with E-state index in [9.17, 15) is 8.42 Å². The summed E-state index contributed by atoms with van der Waals surface area (Å²) in [6.45, 7) is 3.53. The molecule has 0 aliphatic carbocycles. The summed E-state index contributed by atoms with van der Waals surface area (Å²) in [5.74, 6) is 0.207. The van der Waals surface area contributed by atoms with Crippen LogP contribution in [0.15, 0.2) is 34.6 Å². The van der Waals surface area contributed by atoms with Gasteiger partial charge >= 0.3 is 0 Å². The molecule has 1 aromatic carbocycles. The fourth-order valence-corrected chi connectivity index (χ4v) is 3.15. The van der Waals surface area contributed by atoms with Crippen LogP contribution in [-0.4, -0.2) is 8.42 Å². The SMILES string of the molecule is CC=CS(=O)(=O)c1cccc(C)c1CCl. The number of halogens is 1. The van der Waals surface area contributed by atoms with Crippen LogP contribution in [0.1, 0.15) is 18.1 Å². The van der Waals surface area contributed by atoms with Gasteiger partial charge in [0.15, 0.2) is 9.84 Å². The molecule has 15 heavy (non-hydrogen) atoms. The molecular weight excluding hydrogens is 232 g/mol. The highest BCUT2D eigenvalue weighted by Gasteiger charge is 2.15. The van der Waals surface area contributed by atoms with Crippen LogP contribution < -0.4 is 0 Å². The smallest absolute Gasteiger partial charge is 0.199 e. The standard InChI is InChI=1S/C11H13ClO2S/c1-3-7-15(13,14)11-6-4-5-9(2)10(11)8-12/h3-7H,8H2,1-2H3. The maximum absolute atomic E-state index is 11.8. The highest BCUT2D eigenvalue weighted by Crippen LogP contribution is 2.22. The van der Waals surface area contributed by atoms with Crippen LogP contribution in [-0.2, 0) is 15.7 Å². The molecule has 0 N–H and O–H groups in total. The van der Waals surface area contributed by atoms with Crippen molar-refractivity contribution in [2.45, 2.75) is 24.6 Å². The molecule has 1 aromatic rings. The second kappa shape index (κ2) is 4.81. The Hall–Kier alpha value is -0.800. The third-order valence-corrected chi connectivity index (χ3v) is 4.02. The van der Waals surface area contributed by atoms with Crippen molar-refractivity contribution >= 4 is 21.4 Å². The molecule has 0 amide bonds.